The van der Waals surface area contributed by atoms with Crippen molar-refractivity contribution in [1.82, 2.24) is 15.2 Å². The van der Waals surface area contributed by atoms with Gasteiger partial charge in [-0.3, -0.25) is 14.6 Å². The van der Waals surface area contributed by atoms with Crippen LogP contribution < -0.4 is 5.32 Å². The van der Waals surface area contributed by atoms with Crippen molar-refractivity contribution in [2.45, 2.75) is 25.6 Å². The van der Waals surface area contributed by atoms with Gasteiger partial charge in [0.25, 0.3) is 0 Å². The molecule has 22 heavy (non-hydrogen) atoms. The Morgan fingerprint density at radius 2 is 1.95 bits per heavy atom. The first-order valence-corrected chi connectivity index (χ1v) is 6.91. The first-order chi connectivity index (χ1) is 10.4. The highest BCUT2D eigenvalue weighted by Crippen LogP contribution is 2.23. The van der Waals surface area contributed by atoms with Crippen LogP contribution >= 0.6 is 0 Å². The highest BCUT2D eigenvalue weighted by atomic mass is 19.4. The fourth-order valence-corrected chi connectivity index (χ4v) is 2.35. The second kappa shape index (κ2) is 6.76. The maximum Gasteiger partial charge on any atom is 0.471 e. The molecule has 1 aromatic heterocycles. The van der Waals surface area contributed by atoms with E-state index < -0.39 is 12.1 Å². The lowest BCUT2D eigenvalue weighted by Crippen LogP contribution is -2.47. The minimum absolute atomic E-state index is 0.0555. The molecule has 120 valence electrons. The van der Waals surface area contributed by atoms with Crippen molar-refractivity contribution in [2.75, 3.05) is 13.1 Å². The molecule has 2 rings (SSSR count). The zero-order valence-corrected chi connectivity index (χ0v) is 11.8. The summed E-state index contributed by atoms with van der Waals surface area (Å²) in [4.78, 5) is 27.9. The summed E-state index contributed by atoms with van der Waals surface area (Å²) in [5.74, 6) is -2.43. The molecule has 1 fully saturated rings. The maximum absolute atomic E-state index is 12.3. The number of hydrogen-bond donors (Lipinski definition) is 1. The minimum atomic E-state index is -4.85. The largest absolute Gasteiger partial charge is 0.471 e. The molecular formula is C14H16F3N3O2. The second-order valence-corrected chi connectivity index (χ2v) is 5.10. The number of nitrogens with one attached hydrogen (secondary N) is 1. The summed E-state index contributed by atoms with van der Waals surface area (Å²) in [5, 5.41) is 2.72. The average molecular weight is 315 g/mol. The van der Waals surface area contributed by atoms with Crippen LogP contribution in [-0.2, 0) is 16.1 Å². The molecule has 0 saturated carbocycles. The summed E-state index contributed by atoms with van der Waals surface area (Å²) in [6.07, 6.45) is -2.78. The highest BCUT2D eigenvalue weighted by Gasteiger charge is 2.43. The summed E-state index contributed by atoms with van der Waals surface area (Å²) in [5.41, 5.74) is 0.709. The number of nitrogens with zero attached hydrogens (tertiary/aromatic N) is 2. The van der Waals surface area contributed by atoms with Gasteiger partial charge in [0.05, 0.1) is 12.2 Å². The molecule has 1 aromatic rings. The molecule has 0 aromatic carbocycles. The van der Waals surface area contributed by atoms with Gasteiger partial charge in [-0.1, -0.05) is 6.07 Å². The number of carbonyl (C=O) groups is 2. The van der Waals surface area contributed by atoms with Crippen LogP contribution in [-0.4, -0.2) is 41.0 Å². The number of likely N-dealkylation sites (tertiary alicyclic amines) is 1. The molecule has 2 heterocycles. The molecular weight excluding hydrogens is 299 g/mol. The van der Waals surface area contributed by atoms with Crippen LogP contribution in [0.15, 0.2) is 24.4 Å². The van der Waals surface area contributed by atoms with E-state index in [2.05, 4.69) is 10.3 Å². The van der Waals surface area contributed by atoms with E-state index in [1.165, 1.54) is 0 Å². The summed E-state index contributed by atoms with van der Waals surface area (Å²) in [6.45, 7) is 0.168. The minimum Gasteiger partial charge on any atom is -0.350 e. The Kier molecular flexibility index (Phi) is 4.99. The average Bonchev–Trinajstić information content (AvgIpc) is 2.52. The predicted octanol–water partition coefficient (Wildman–Crippen LogP) is 1.50. The van der Waals surface area contributed by atoms with Gasteiger partial charge in [0.15, 0.2) is 0 Å². The first-order valence-electron chi connectivity index (χ1n) is 6.91. The normalized spacial score (nSPS) is 16.4. The molecule has 0 spiro atoms. The Hall–Kier alpha value is -2.12. The second-order valence-electron chi connectivity index (χ2n) is 5.10. The molecule has 0 radical (unpaired) electrons. The van der Waals surface area contributed by atoms with Crippen LogP contribution in [0.25, 0.3) is 0 Å². The molecule has 0 bridgehead atoms. The molecule has 1 N–H and O–H groups in total. The van der Waals surface area contributed by atoms with Gasteiger partial charge in [0.2, 0.25) is 5.91 Å². The van der Waals surface area contributed by atoms with Crippen molar-refractivity contribution >= 4 is 11.8 Å². The number of carbonyl (C=O) groups excluding carboxylic acids is 2. The van der Waals surface area contributed by atoms with Crippen LogP contribution in [0.2, 0.25) is 0 Å². The van der Waals surface area contributed by atoms with Gasteiger partial charge in [-0.15, -0.1) is 0 Å². The molecule has 0 unspecified atom stereocenters. The number of amides is 2. The van der Waals surface area contributed by atoms with Crippen molar-refractivity contribution in [3.05, 3.63) is 30.1 Å². The lowest BCUT2D eigenvalue weighted by Gasteiger charge is -2.31. The van der Waals surface area contributed by atoms with E-state index in [1.54, 1.807) is 24.4 Å². The van der Waals surface area contributed by atoms with Gasteiger partial charge < -0.3 is 10.2 Å². The van der Waals surface area contributed by atoms with Gasteiger partial charge in [0, 0.05) is 25.2 Å². The summed E-state index contributed by atoms with van der Waals surface area (Å²) in [7, 11) is 0. The monoisotopic (exact) mass is 315 g/mol. The van der Waals surface area contributed by atoms with E-state index in [-0.39, 0.29) is 44.3 Å². The van der Waals surface area contributed by atoms with Gasteiger partial charge in [-0.25, -0.2) is 0 Å². The number of alkyl halides is 3. The van der Waals surface area contributed by atoms with Crippen LogP contribution in [0.3, 0.4) is 0 Å². The molecule has 0 atom stereocenters. The van der Waals surface area contributed by atoms with E-state index in [0.29, 0.717) is 5.69 Å². The quantitative estimate of drug-likeness (QED) is 0.919. The van der Waals surface area contributed by atoms with E-state index in [4.69, 9.17) is 0 Å². The van der Waals surface area contributed by atoms with Crippen LogP contribution in [0, 0.1) is 5.92 Å². The Morgan fingerprint density at radius 3 is 2.50 bits per heavy atom. The number of pyridine rings is 1. The van der Waals surface area contributed by atoms with Crippen molar-refractivity contribution in [3.63, 3.8) is 0 Å². The third-order valence-corrected chi connectivity index (χ3v) is 3.57. The van der Waals surface area contributed by atoms with E-state index >= 15 is 0 Å². The predicted molar refractivity (Wildman–Crippen MR) is 71.4 cm³/mol. The Morgan fingerprint density at radius 1 is 1.27 bits per heavy atom. The van der Waals surface area contributed by atoms with Crippen LogP contribution in [0.4, 0.5) is 13.2 Å². The summed E-state index contributed by atoms with van der Waals surface area (Å²) in [6, 6.07) is 5.33. The van der Waals surface area contributed by atoms with Gasteiger partial charge in [-0.05, 0) is 25.0 Å². The summed E-state index contributed by atoms with van der Waals surface area (Å²) < 4.78 is 37.0. The molecule has 1 saturated heterocycles. The molecule has 2 amide bonds. The lowest BCUT2D eigenvalue weighted by atomic mass is 9.96. The Bertz CT molecular complexity index is 526. The van der Waals surface area contributed by atoms with Crippen molar-refractivity contribution in [2.24, 2.45) is 5.92 Å². The van der Waals surface area contributed by atoms with Gasteiger partial charge >= 0.3 is 12.1 Å². The highest BCUT2D eigenvalue weighted by molar-refractivity contribution is 5.83. The first kappa shape index (κ1) is 16.3. The third-order valence-electron chi connectivity index (χ3n) is 3.57. The third kappa shape index (κ3) is 4.19. The van der Waals surface area contributed by atoms with Crippen molar-refractivity contribution in [1.29, 1.82) is 0 Å². The zero-order valence-electron chi connectivity index (χ0n) is 11.8. The van der Waals surface area contributed by atoms with Crippen LogP contribution in [0.1, 0.15) is 18.5 Å². The number of piperidine rings is 1. The molecule has 1 aliphatic rings. The topological polar surface area (TPSA) is 62.3 Å². The lowest BCUT2D eigenvalue weighted by molar-refractivity contribution is -0.186. The molecule has 8 heteroatoms. The molecule has 1 aliphatic heterocycles. The standard InChI is InChI=1S/C14H16F3N3O2/c15-14(16,17)13(22)20-7-4-10(5-8-20)12(21)19-9-11-3-1-2-6-18-11/h1-3,6,10H,4-5,7-9H2,(H,19,21). The SMILES string of the molecule is O=C(NCc1ccccn1)C1CCN(C(=O)C(F)(F)F)CC1. The van der Waals surface area contributed by atoms with Crippen LogP contribution in [0.5, 0.6) is 0 Å². The van der Waals surface area contributed by atoms with Gasteiger partial charge in [0.1, 0.15) is 0 Å². The Balaban J connectivity index is 1.79. The fraction of sp³-hybridized carbons (Fsp3) is 0.500. The Labute approximate surface area is 125 Å². The van der Waals surface area contributed by atoms with E-state index in [9.17, 15) is 22.8 Å². The maximum atomic E-state index is 12.3. The van der Waals surface area contributed by atoms with Crippen molar-refractivity contribution < 1.29 is 22.8 Å². The van der Waals surface area contributed by atoms with E-state index in [1.807, 2.05) is 0 Å². The zero-order chi connectivity index (χ0) is 16.2. The summed E-state index contributed by atoms with van der Waals surface area (Å²) >= 11 is 0. The smallest absolute Gasteiger partial charge is 0.350 e. The number of halogens is 3. The number of rotatable bonds is 3. The molecule has 5 nitrogen and oxygen atoms in total. The van der Waals surface area contributed by atoms with Crippen molar-refractivity contribution in [3.8, 4) is 0 Å². The molecule has 0 aliphatic carbocycles. The fourth-order valence-electron chi connectivity index (χ4n) is 2.35. The van der Waals surface area contributed by atoms with Gasteiger partial charge in [-0.2, -0.15) is 13.2 Å². The number of hydrogen-bond acceptors (Lipinski definition) is 3. The van der Waals surface area contributed by atoms with E-state index in [0.717, 1.165) is 4.90 Å². The number of aromatic nitrogens is 1.